The fourth-order valence-electron chi connectivity index (χ4n) is 5.51. The molecule has 35 heavy (non-hydrogen) atoms. The second-order valence-corrected chi connectivity index (χ2v) is 10.1. The van der Waals surface area contributed by atoms with Crippen LogP contribution in [0.4, 0.5) is 11.4 Å². The minimum absolute atomic E-state index is 0.0504. The summed E-state index contributed by atoms with van der Waals surface area (Å²) >= 11 is 0. The third-order valence-corrected chi connectivity index (χ3v) is 7.56. The first-order chi connectivity index (χ1) is 17.0. The van der Waals surface area contributed by atoms with Gasteiger partial charge in [-0.1, -0.05) is 43.5 Å². The monoisotopic (exact) mass is 474 g/mol. The third kappa shape index (κ3) is 5.25. The van der Waals surface area contributed by atoms with Crippen molar-refractivity contribution < 1.29 is 14.4 Å². The zero-order valence-electron chi connectivity index (χ0n) is 20.1. The Morgan fingerprint density at radius 1 is 1.00 bits per heavy atom. The molecule has 1 heterocycles. The number of hydrogen-bond donors (Lipinski definition) is 3. The lowest BCUT2D eigenvalue weighted by atomic mass is 9.81. The lowest BCUT2D eigenvalue weighted by molar-refractivity contribution is -0.121. The quantitative estimate of drug-likeness (QED) is 0.586. The highest BCUT2D eigenvalue weighted by Crippen LogP contribution is 2.42. The summed E-state index contributed by atoms with van der Waals surface area (Å²) in [5.74, 6) is 0.178. The van der Waals surface area contributed by atoms with Gasteiger partial charge in [0.1, 0.15) is 0 Å². The molecule has 2 aromatic carbocycles. The lowest BCUT2D eigenvalue weighted by Gasteiger charge is -2.37. The minimum Gasteiger partial charge on any atom is -0.348 e. The van der Waals surface area contributed by atoms with Crippen LogP contribution in [0.5, 0.6) is 0 Å². The van der Waals surface area contributed by atoms with Crippen LogP contribution in [0.2, 0.25) is 0 Å². The summed E-state index contributed by atoms with van der Waals surface area (Å²) in [4.78, 5) is 41.3. The normalized spacial score (nSPS) is 20.5. The second kappa shape index (κ2) is 10.2. The Labute approximate surface area is 206 Å². The standard InChI is InChI=1S/C28H34N4O3/c29-16-18-5-4-6-19(13-18)17-30-27(34)22-11-12-24-23(14-22)31-26(33)15-25(20-7-2-1-3-8-20)32(24)28(35)21-9-10-21/h4-6,11-14,20-21,25H,1-3,7-10,15-17,29H2,(H,30,34)(H,31,33). The number of nitrogens with zero attached hydrogens (tertiary/aromatic N) is 1. The number of nitrogens with one attached hydrogen (secondary N) is 2. The van der Waals surface area contributed by atoms with Crippen LogP contribution in [0.15, 0.2) is 42.5 Å². The van der Waals surface area contributed by atoms with E-state index in [1.165, 1.54) is 6.42 Å². The van der Waals surface area contributed by atoms with Gasteiger partial charge in [-0.25, -0.2) is 0 Å². The number of rotatable bonds is 6. The van der Waals surface area contributed by atoms with Crippen LogP contribution in [0.3, 0.4) is 0 Å². The summed E-state index contributed by atoms with van der Waals surface area (Å²) in [7, 11) is 0. The molecule has 5 rings (SSSR count). The zero-order valence-corrected chi connectivity index (χ0v) is 20.1. The first-order valence-electron chi connectivity index (χ1n) is 12.9. The van der Waals surface area contributed by atoms with Gasteiger partial charge in [-0.2, -0.15) is 0 Å². The van der Waals surface area contributed by atoms with Crippen molar-refractivity contribution in [2.24, 2.45) is 17.6 Å². The van der Waals surface area contributed by atoms with Crippen LogP contribution < -0.4 is 21.3 Å². The van der Waals surface area contributed by atoms with E-state index in [1.807, 2.05) is 35.2 Å². The first-order valence-corrected chi connectivity index (χ1v) is 12.9. The van der Waals surface area contributed by atoms with Crippen molar-refractivity contribution in [3.8, 4) is 0 Å². The molecular formula is C28H34N4O3. The van der Waals surface area contributed by atoms with E-state index in [4.69, 9.17) is 5.73 Å². The maximum Gasteiger partial charge on any atom is 0.251 e. The van der Waals surface area contributed by atoms with E-state index in [2.05, 4.69) is 10.6 Å². The highest BCUT2D eigenvalue weighted by Gasteiger charge is 2.42. The predicted molar refractivity (Wildman–Crippen MR) is 136 cm³/mol. The topological polar surface area (TPSA) is 105 Å². The predicted octanol–water partition coefficient (Wildman–Crippen LogP) is 4.11. The van der Waals surface area contributed by atoms with Gasteiger partial charge in [0, 0.05) is 37.0 Å². The Morgan fingerprint density at radius 3 is 2.51 bits per heavy atom. The summed E-state index contributed by atoms with van der Waals surface area (Å²) in [5.41, 5.74) is 9.41. The maximum absolute atomic E-state index is 13.5. The van der Waals surface area contributed by atoms with Crippen molar-refractivity contribution in [1.82, 2.24) is 5.32 Å². The van der Waals surface area contributed by atoms with E-state index in [-0.39, 0.29) is 29.7 Å². The molecule has 0 aromatic heterocycles. The molecule has 0 radical (unpaired) electrons. The molecule has 1 unspecified atom stereocenters. The molecule has 2 aromatic rings. The molecule has 0 bridgehead atoms. The van der Waals surface area contributed by atoms with E-state index < -0.39 is 0 Å². The van der Waals surface area contributed by atoms with Crippen molar-refractivity contribution in [2.75, 3.05) is 10.2 Å². The molecule has 3 aliphatic rings. The van der Waals surface area contributed by atoms with Gasteiger partial charge in [0.05, 0.1) is 11.4 Å². The molecule has 7 nitrogen and oxygen atoms in total. The highest BCUT2D eigenvalue weighted by atomic mass is 16.2. The summed E-state index contributed by atoms with van der Waals surface area (Å²) in [6.07, 6.45) is 7.74. The fraction of sp³-hybridized carbons (Fsp3) is 0.464. The van der Waals surface area contributed by atoms with E-state index in [1.54, 1.807) is 12.1 Å². The van der Waals surface area contributed by atoms with Gasteiger partial charge in [-0.3, -0.25) is 14.4 Å². The molecule has 1 atom stereocenters. The first kappa shape index (κ1) is 23.5. The second-order valence-electron chi connectivity index (χ2n) is 10.1. The van der Waals surface area contributed by atoms with Crippen molar-refractivity contribution >= 4 is 29.1 Å². The molecule has 1 aliphatic heterocycles. The van der Waals surface area contributed by atoms with E-state index in [0.717, 1.165) is 55.3 Å². The highest BCUT2D eigenvalue weighted by molar-refractivity contribution is 6.07. The van der Waals surface area contributed by atoms with Gasteiger partial charge < -0.3 is 21.3 Å². The smallest absolute Gasteiger partial charge is 0.251 e. The van der Waals surface area contributed by atoms with Crippen LogP contribution in [-0.2, 0) is 22.7 Å². The zero-order chi connectivity index (χ0) is 24.4. The van der Waals surface area contributed by atoms with Crippen molar-refractivity contribution in [3.05, 3.63) is 59.2 Å². The number of carbonyl (C=O) groups excluding carboxylic acids is 3. The van der Waals surface area contributed by atoms with Crippen molar-refractivity contribution in [2.45, 2.75) is 70.5 Å². The number of anilines is 2. The molecular weight excluding hydrogens is 440 g/mol. The van der Waals surface area contributed by atoms with Gasteiger partial charge in [0.15, 0.2) is 0 Å². The molecule has 2 fully saturated rings. The van der Waals surface area contributed by atoms with E-state index >= 15 is 0 Å². The largest absolute Gasteiger partial charge is 0.348 e. The van der Waals surface area contributed by atoms with E-state index in [9.17, 15) is 14.4 Å². The minimum atomic E-state index is -0.228. The maximum atomic E-state index is 13.5. The molecule has 2 aliphatic carbocycles. The summed E-state index contributed by atoms with van der Waals surface area (Å²) < 4.78 is 0. The van der Waals surface area contributed by atoms with Gasteiger partial charge in [-0.05, 0) is 60.9 Å². The molecule has 7 heteroatoms. The Morgan fingerprint density at radius 2 is 1.77 bits per heavy atom. The van der Waals surface area contributed by atoms with Crippen LogP contribution in [0, 0.1) is 11.8 Å². The Kier molecular flexibility index (Phi) is 6.86. The van der Waals surface area contributed by atoms with Crippen molar-refractivity contribution in [3.63, 3.8) is 0 Å². The van der Waals surface area contributed by atoms with Gasteiger partial charge in [0.25, 0.3) is 5.91 Å². The van der Waals surface area contributed by atoms with Crippen LogP contribution >= 0.6 is 0 Å². The number of nitrogens with two attached hydrogens (primary N) is 1. The van der Waals surface area contributed by atoms with Gasteiger partial charge >= 0.3 is 0 Å². The average Bonchev–Trinajstić information content (AvgIpc) is 3.74. The Hall–Kier alpha value is -3.19. The third-order valence-electron chi connectivity index (χ3n) is 7.56. The van der Waals surface area contributed by atoms with Crippen LogP contribution in [0.1, 0.15) is 72.9 Å². The van der Waals surface area contributed by atoms with Crippen LogP contribution in [-0.4, -0.2) is 23.8 Å². The average molecular weight is 475 g/mol. The number of fused-ring (bicyclic) bond motifs is 1. The Balaban J connectivity index is 1.40. The number of benzene rings is 2. The van der Waals surface area contributed by atoms with E-state index in [0.29, 0.717) is 36.7 Å². The molecule has 184 valence electrons. The molecule has 0 spiro atoms. The Bertz CT molecular complexity index is 1120. The van der Waals surface area contributed by atoms with Gasteiger partial charge in [-0.15, -0.1) is 0 Å². The fourth-order valence-corrected chi connectivity index (χ4v) is 5.51. The summed E-state index contributed by atoms with van der Waals surface area (Å²) in [6, 6.07) is 13.0. The molecule has 0 saturated heterocycles. The number of amides is 3. The molecule has 2 saturated carbocycles. The SMILES string of the molecule is NCc1cccc(CNC(=O)c2ccc3c(c2)NC(=O)CC(C2CCCCC2)N3C(=O)C2CC2)c1. The number of hydrogen-bond acceptors (Lipinski definition) is 4. The lowest BCUT2D eigenvalue weighted by Crippen LogP contribution is -2.46. The number of carbonyl (C=O) groups is 3. The molecule has 3 amide bonds. The summed E-state index contributed by atoms with van der Waals surface area (Å²) in [5, 5.41) is 5.94. The van der Waals surface area contributed by atoms with Crippen molar-refractivity contribution in [1.29, 1.82) is 0 Å². The summed E-state index contributed by atoms with van der Waals surface area (Å²) in [6.45, 7) is 0.830. The van der Waals surface area contributed by atoms with Crippen LogP contribution in [0.25, 0.3) is 0 Å². The molecule has 4 N–H and O–H groups in total. The van der Waals surface area contributed by atoms with Gasteiger partial charge in [0.2, 0.25) is 11.8 Å².